The van der Waals surface area contributed by atoms with Crippen LogP contribution >= 0.6 is 11.6 Å². The fraction of sp³-hybridized carbons (Fsp3) is 0.462. The molecule has 0 heterocycles. The van der Waals surface area contributed by atoms with E-state index in [1.54, 1.807) is 25.3 Å². The Morgan fingerprint density at radius 1 is 1.39 bits per heavy atom. The Morgan fingerprint density at radius 2 is 2.11 bits per heavy atom. The van der Waals surface area contributed by atoms with Crippen LogP contribution in [-0.2, 0) is 0 Å². The molecule has 0 saturated heterocycles. The van der Waals surface area contributed by atoms with E-state index >= 15 is 0 Å². The second kappa shape index (κ2) is 5.96. The quantitative estimate of drug-likeness (QED) is 0.883. The van der Waals surface area contributed by atoms with E-state index in [2.05, 4.69) is 10.6 Å². The molecular weight excluding hydrogens is 252 g/mol. The van der Waals surface area contributed by atoms with E-state index in [1.807, 2.05) is 0 Å². The van der Waals surface area contributed by atoms with Gasteiger partial charge >= 0.3 is 6.03 Å². The molecule has 1 aliphatic rings. The molecule has 5 heteroatoms. The molecular formula is C13H17ClN2O2. The molecule has 1 aromatic rings. The molecule has 2 rings (SSSR count). The Morgan fingerprint density at radius 3 is 2.78 bits per heavy atom. The van der Waals surface area contributed by atoms with Gasteiger partial charge < -0.3 is 15.4 Å². The minimum atomic E-state index is -0.206. The summed E-state index contributed by atoms with van der Waals surface area (Å²) in [6.45, 7) is 0. The predicted octanol–water partition coefficient (Wildman–Crippen LogP) is 3.41. The largest absolute Gasteiger partial charge is 0.495 e. The molecule has 0 aliphatic heterocycles. The summed E-state index contributed by atoms with van der Waals surface area (Å²) in [4.78, 5) is 11.8. The van der Waals surface area contributed by atoms with Crippen molar-refractivity contribution in [2.45, 2.75) is 31.7 Å². The molecule has 0 spiro atoms. The van der Waals surface area contributed by atoms with Gasteiger partial charge in [-0.25, -0.2) is 4.79 Å². The van der Waals surface area contributed by atoms with Crippen LogP contribution < -0.4 is 15.4 Å². The van der Waals surface area contributed by atoms with Gasteiger partial charge in [-0.2, -0.15) is 0 Å². The van der Waals surface area contributed by atoms with Crippen molar-refractivity contribution in [1.29, 1.82) is 0 Å². The zero-order valence-corrected chi connectivity index (χ0v) is 11.1. The van der Waals surface area contributed by atoms with Gasteiger partial charge in [0.1, 0.15) is 5.75 Å². The van der Waals surface area contributed by atoms with Gasteiger partial charge in [-0.1, -0.05) is 24.4 Å². The predicted molar refractivity (Wildman–Crippen MR) is 72.4 cm³/mol. The summed E-state index contributed by atoms with van der Waals surface area (Å²) in [7, 11) is 1.56. The topological polar surface area (TPSA) is 50.4 Å². The molecule has 1 fully saturated rings. The first-order valence-corrected chi connectivity index (χ1v) is 6.48. The summed E-state index contributed by atoms with van der Waals surface area (Å²) in [5.74, 6) is 0.598. The van der Waals surface area contributed by atoms with Crippen LogP contribution in [0.25, 0.3) is 0 Å². The van der Waals surface area contributed by atoms with Crippen molar-refractivity contribution >= 4 is 23.3 Å². The lowest BCUT2D eigenvalue weighted by atomic mass is 10.2. The molecule has 1 aromatic carbocycles. The molecule has 0 unspecified atom stereocenters. The normalized spacial score (nSPS) is 15.4. The molecule has 1 saturated carbocycles. The highest BCUT2D eigenvalue weighted by Gasteiger charge is 2.17. The third kappa shape index (κ3) is 3.29. The van der Waals surface area contributed by atoms with Crippen molar-refractivity contribution in [3.8, 4) is 5.75 Å². The Labute approximate surface area is 112 Å². The summed E-state index contributed by atoms with van der Waals surface area (Å²) in [5, 5.41) is 6.28. The van der Waals surface area contributed by atoms with E-state index in [-0.39, 0.29) is 12.1 Å². The average molecular weight is 269 g/mol. The number of benzene rings is 1. The first kappa shape index (κ1) is 13.0. The summed E-state index contributed by atoms with van der Waals surface area (Å²) < 4.78 is 5.17. The highest BCUT2D eigenvalue weighted by atomic mass is 35.5. The number of halogens is 1. The van der Waals surface area contributed by atoms with Crippen LogP contribution in [0.4, 0.5) is 10.5 Å². The number of anilines is 1. The van der Waals surface area contributed by atoms with Crippen LogP contribution in [0.3, 0.4) is 0 Å². The number of ether oxygens (including phenoxy) is 1. The average Bonchev–Trinajstić information content (AvgIpc) is 2.82. The van der Waals surface area contributed by atoms with Crippen LogP contribution in [0.2, 0.25) is 5.02 Å². The SMILES string of the molecule is COc1ccc(Cl)cc1NC(=O)NC1CCCC1. The number of amides is 2. The molecule has 0 aromatic heterocycles. The zero-order valence-electron chi connectivity index (χ0n) is 10.3. The number of methoxy groups -OCH3 is 1. The third-order valence-electron chi connectivity index (χ3n) is 3.10. The fourth-order valence-electron chi connectivity index (χ4n) is 2.19. The second-order valence-electron chi connectivity index (χ2n) is 4.42. The lowest BCUT2D eigenvalue weighted by Crippen LogP contribution is -2.36. The van der Waals surface area contributed by atoms with Gasteiger partial charge in [0, 0.05) is 11.1 Å². The molecule has 0 atom stereocenters. The van der Waals surface area contributed by atoms with Crippen molar-refractivity contribution < 1.29 is 9.53 Å². The lowest BCUT2D eigenvalue weighted by Gasteiger charge is -2.14. The van der Waals surface area contributed by atoms with Gasteiger partial charge in [0.25, 0.3) is 0 Å². The first-order chi connectivity index (χ1) is 8.69. The van der Waals surface area contributed by atoms with Crippen molar-refractivity contribution in [1.82, 2.24) is 5.32 Å². The highest BCUT2D eigenvalue weighted by Crippen LogP contribution is 2.27. The number of rotatable bonds is 3. The maximum atomic E-state index is 11.8. The lowest BCUT2D eigenvalue weighted by molar-refractivity contribution is 0.248. The summed E-state index contributed by atoms with van der Waals surface area (Å²) in [6, 6.07) is 5.21. The van der Waals surface area contributed by atoms with Crippen molar-refractivity contribution in [2.75, 3.05) is 12.4 Å². The molecule has 4 nitrogen and oxygen atoms in total. The van der Waals surface area contributed by atoms with E-state index in [1.165, 1.54) is 12.8 Å². The third-order valence-corrected chi connectivity index (χ3v) is 3.34. The van der Waals surface area contributed by atoms with Crippen molar-refractivity contribution in [2.24, 2.45) is 0 Å². The Balaban J connectivity index is 1.99. The highest BCUT2D eigenvalue weighted by molar-refractivity contribution is 6.31. The molecule has 2 N–H and O–H groups in total. The Bertz CT molecular complexity index is 431. The van der Waals surface area contributed by atoms with E-state index < -0.39 is 0 Å². The standard InChI is InChI=1S/C13H17ClN2O2/c1-18-12-7-6-9(14)8-11(12)16-13(17)15-10-4-2-3-5-10/h6-8,10H,2-5H2,1H3,(H2,15,16,17). The second-order valence-corrected chi connectivity index (χ2v) is 4.86. The van der Waals surface area contributed by atoms with Gasteiger partial charge in [-0.3, -0.25) is 0 Å². The molecule has 0 radical (unpaired) electrons. The van der Waals surface area contributed by atoms with Crippen LogP contribution in [0, 0.1) is 0 Å². The van der Waals surface area contributed by atoms with E-state index in [9.17, 15) is 4.79 Å². The molecule has 0 bridgehead atoms. The summed E-state index contributed by atoms with van der Waals surface area (Å²) in [6.07, 6.45) is 4.48. The minimum absolute atomic E-state index is 0.206. The van der Waals surface area contributed by atoms with Crippen LogP contribution in [0.15, 0.2) is 18.2 Å². The molecule has 1 aliphatic carbocycles. The van der Waals surface area contributed by atoms with Gasteiger partial charge in [-0.15, -0.1) is 0 Å². The minimum Gasteiger partial charge on any atom is -0.495 e. The smallest absolute Gasteiger partial charge is 0.319 e. The molecule has 98 valence electrons. The van der Waals surface area contributed by atoms with Crippen molar-refractivity contribution in [3.63, 3.8) is 0 Å². The maximum absolute atomic E-state index is 11.8. The van der Waals surface area contributed by atoms with Crippen LogP contribution in [0.1, 0.15) is 25.7 Å². The number of carbonyl (C=O) groups is 1. The number of carbonyl (C=O) groups excluding carboxylic acids is 1. The molecule has 2 amide bonds. The number of urea groups is 1. The Hall–Kier alpha value is -1.42. The zero-order chi connectivity index (χ0) is 13.0. The first-order valence-electron chi connectivity index (χ1n) is 6.10. The maximum Gasteiger partial charge on any atom is 0.319 e. The van der Waals surface area contributed by atoms with Crippen LogP contribution in [0.5, 0.6) is 5.75 Å². The van der Waals surface area contributed by atoms with E-state index in [0.717, 1.165) is 12.8 Å². The van der Waals surface area contributed by atoms with Gasteiger partial charge in [0.2, 0.25) is 0 Å². The monoisotopic (exact) mass is 268 g/mol. The summed E-state index contributed by atoms with van der Waals surface area (Å²) >= 11 is 5.90. The van der Waals surface area contributed by atoms with Gasteiger partial charge in [0.15, 0.2) is 0 Å². The molecule has 18 heavy (non-hydrogen) atoms. The number of nitrogens with one attached hydrogen (secondary N) is 2. The van der Waals surface area contributed by atoms with E-state index in [4.69, 9.17) is 16.3 Å². The van der Waals surface area contributed by atoms with E-state index in [0.29, 0.717) is 16.5 Å². The fourth-order valence-corrected chi connectivity index (χ4v) is 2.36. The van der Waals surface area contributed by atoms with Gasteiger partial charge in [0.05, 0.1) is 12.8 Å². The van der Waals surface area contributed by atoms with Crippen LogP contribution in [-0.4, -0.2) is 19.2 Å². The number of hydrogen-bond acceptors (Lipinski definition) is 2. The van der Waals surface area contributed by atoms with Gasteiger partial charge in [-0.05, 0) is 31.0 Å². The Kier molecular flexibility index (Phi) is 4.31. The number of hydrogen-bond donors (Lipinski definition) is 2. The summed E-state index contributed by atoms with van der Waals surface area (Å²) in [5.41, 5.74) is 0.584. The van der Waals surface area contributed by atoms with Crippen molar-refractivity contribution in [3.05, 3.63) is 23.2 Å².